The quantitative estimate of drug-likeness (QED) is 0.834. The number of rotatable bonds is 7. The summed E-state index contributed by atoms with van der Waals surface area (Å²) in [5.74, 6) is 1.62. The molecular weight excluding hydrogens is 252 g/mol. The molecule has 1 aromatic carbocycles. The molecular formula is C16H28N2O2. The summed E-state index contributed by atoms with van der Waals surface area (Å²) < 4.78 is 10.9. The molecule has 0 fully saturated rings. The average Bonchev–Trinajstić information content (AvgIpc) is 2.45. The first-order valence-electron chi connectivity index (χ1n) is 7.08. The Morgan fingerprint density at radius 3 is 2.35 bits per heavy atom. The van der Waals surface area contributed by atoms with Gasteiger partial charge in [0.05, 0.1) is 19.8 Å². The minimum Gasteiger partial charge on any atom is -0.497 e. The minimum atomic E-state index is -0.474. The average molecular weight is 280 g/mol. The second-order valence-corrected chi connectivity index (χ2v) is 5.50. The van der Waals surface area contributed by atoms with Crippen LogP contribution in [-0.2, 0) is 5.54 Å². The van der Waals surface area contributed by atoms with Crippen molar-refractivity contribution >= 4 is 0 Å². The molecule has 0 radical (unpaired) electrons. The van der Waals surface area contributed by atoms with Crippen LogP contribution in [0.15, 0.2) is 18.2 Å². The van der Waals surface area contributed by atoms with Gasteiger partial charge in [-0.2, -0.15) is 0 Å². The lowest BCUT2D eigenvalue weighted by Crippen LogP contribution is -2.52. The van der Waals surface area contributed by atoms with Crippen molar-refractivity contribution in [3.8, 4) is 11.5 Å². The summed E-state index contributed by atoms with van der Waals surface area (Å²) in [6.07, 6.45) is 1.89. The van der Waals surface area contributed by atoms with Gasteiger partial charge in [-0.1, -0.05) is 13.3 Å². The molecule has 114 valence electrons. The molecule has 2 N–H and O–H groups in total. The van der Waals surface area contributed by atoms with Gasteiger partial charge < -0.3 is 20.1 Å². The molecule has 0 saturated heterocycles. The molecule has 0 amide bonds. The monoisotopic (exact) mass is 280 g/mol. The van der Waals surface area contributed by atoms with Crippen molar-refractivity contribution in [1.29, 1.82) is 0 Å². The van der Waals surface area contributed by atoms with Crippen LogP contribution in [0.25, 0.3) is 0 Å². The molecule has 0 bridgehead atoms. The van der Waals surface area contributed by atoms with E-state index in [9.17, 15) is 0 Å². The van der Waals surface area contributed by atoms with Crippen LogP contribution in [0.3, 0.4) is 0 Å². The van der Waals surface area contributed by atoms with Crippen molar-refractivity contribution in [3.05, 3.63) is 23.8 Å². The number of nitrogens with two attached hydrogens (primary N) is 1. The van der Waals surface area contributed by atoms with E-state index in [4.69, 9.17) is 15.2 Å². The van der Waals surface area contributed by atoms with Crippen molar-refractivity contribution in [3.63, 3.8) is 0 Å². The Balaban J connectivity index is 3.39. The highest BCUT2D eigenvalue weighted by atomic mass is 16.5. The first kappa shape index (κ1) is 16.8. The normalized spacial score (nSPS) is 15.8. The SMILES string of the molecule is CCCC(N)(c1cc(OC)ccc1OC)C(C)N(C)C. The van der Waals surface area contributed by atoms with Gasteiger partial charge in [-0.25, -0.2) is 0 Å². The molecule has 0 aromatic heterocycles. The largest absolute Gasteiger partial charge is 0.497 e. The van der Waals surface area contributed by atoms with E-state index in [1.54, 1.807) is 14.2 Å². The Kier molecular flexibility index (Phi) is 5.84. The third-order valence-electron chi connectivity index (χ3n) is 4.09. The van der Waals surface area contributed by atoms with E-state index in [0.717, 1.165) is 29.9 Å². The highest BCUT2D eigenvalue weighted by Crippen LogP contribution is 2.37. The molecule has 1 rings (SSSR count). The van der Waals surface area contributed by atoms with E-state index in [-0.39, 0.29) is 6.04 Å². The topological polar surface area (TPSA) is 47.7 Å². The summed E-state index contributed by atoms with van der Waals surface area (Å²) in [6, 6.07) is 6.00. The molecule has 0 saturated carbocycles. The van der Waals surface area contributed by atoms with Crippen molar-refractivity contribution in [2.75, 3.05) is 28.3 Å². The third-order valence-corrected chi connectivity index (χ3v) is 4.09. The standard InChI is InChI=1S/C16H28N2O2/c1-7-10-16(17,12(2)18(3)4)14-11-13(19-5)8-9-15(14)20-6/h8-9,11-12H,7,10,17H2,1-6H3. The van der Waals surface area contributed by atoms with Gasteiger partial charge in [0.15, 0.2) is 0 Å². The number of nitrogens with zero attached hydrogens (tertiary/aromatic N) is 1. The Labute approximate surface area is 122 Å². The van der Waals surface area contributed by atoms with E-state index < -0.39 is 5.54 Å². The second kappa shape index (κ2) is 6.95. The zero-order valence-electron chi connectivity index (χ0n) is 13.6. The Morgan fingerprint density at radius 2 is 1.90 bits per heavy atom. The van der Waals surface area contributed by atoms with E-state index in [1.807, 2.05) is 18.2 Å². The molecule has 4 heteroatoms. The maximum absolute atomic E-state index is 6.80. The highest BCUT2D eigenvalue weighted by Gasteiger charge is 2.37. The van der Waals surface area contributed by atoms with Crippen LogP contribution >= 0.6 is 0 Å². The molecule has 0 aliphatic rings. The lowest BCUT2D eigenvalue weighted by atomic mass is 9.79. The molecule has 1 aromatic rings. The first-order chi connectivity index (χ1) is 9.40. The van der Waals surface area contributed by atoms with Crippen molar-refractivity contribution in [1.82, 2.24) is 4.90 Å². The second-order valence-electron chi connectivity index (χ2n) is 5.50. The first-order valence-corrected chi connectivity index (χ1v) is 7.08. The van der Waals surface area contributed by atoms with Gasteiger partial charge in [0, 0.05) is 11.6 Å². The van der Waals surface area contributed by atoms with Gasteiger partial charge in [0.1, 0.15) is 11.5 Å². The number of hydrogen-bond acceptors (Lipinski definition) is 4. The van der Waals surface area contributed by atoms with Crippen LogP contribution in [0.4, 0.5) is 0 Å². The van der Waals surface area contributed by atoms with Gasteiger partial charge >= 0.3 is 0 Å². The molecule has 20 heavy (non-hydrogen) atoms. The molecule has 0 heterocycles. The van der Waals surface area contributed by atoms with Crippen molar-refractivity contribution < 1.29 is 9.47 Å². The fourth-order valence-electron chi connectivity index (χ4n) is 2.62. The molecule has 4 nitrogen and oxygen atoms in total. The molecule has 2 unspecified atom stereocenters. The minimum absolute atomic E-state index is 0.184. The molecule has 2 atom stereocenters. The van der Waals surface area contributed by atoms with E-state index >= 15 is 0 Å². The van der Waals surface area contributed by atoms with Gasteiger partial charge in [0.25, 0.3) is 0 Å². The number of methoxy groups -OCH3 is 2. The van der Waals surface area contributed by atoms with Crippen LogP contribution < -0.4 is 15.2 Å². The summed E-state index contributed by atoms with van der Waals surface area (Å²) in [7, 11) is 7.44. The summed E-state index contributed by atoms with van der Waals surface area (Å²) >= 11 is 0. The molecule has 0 spiro atoms. The van der Waals surface area contributed by atoms with Crippen LogP contribution in [0.5, 0.6) is 11.5 Å². The summed E-state index contributed by atoms with van der Waals surface area (Å²) in [4.78, 5) is 2.15. The van der Waals surface area contributed by atoms with E-state index in [2.05, 4.69) is 32.8 Å². The Hall–Kier alpha value is -1.26. The van der Waals surface area contributed by atoms with Gasteiger partial charge in [-0.3, -0.25) is 0 Å². The van der Waals surface area contributed by atoms with Gasteiger partial charge in [-0.15, -0.1) is 0 Å². The fourth-order valence-corrected chi connectivity index (χ4v) is 2.62. The zero-order valence-corrected chi connectivity index (χ0v) is 13.6. The lowest BCUT2D eigenvalue weighted by molar-refractivity contribution is 0.176. The number of ether oxygens (including phenoxy) is 2. The van der Waals surface area contributed by atoms with Crippen LogP contribution in [0.1, 0.15) is 32.3 Å². The van der Waals surface area contributed by atoms with Gasteiger partial charge in [-0.05, 0) is 45.6 Å². The van der Waals surface area contributed by atoms with Gasteiger partial charge in [0.2, 0.25) is 0 Å². The maximum Gasteiger partial charge on any atom is 0.124 e. The summed E-state index contributed by atoms with van der Waals surface area (Å²) in [6.45, 7) is 4.30. The van der Waals surface area contributed by atoms with E-state index in [0.29, 0.717) is 0 Å². The van der Waals surface area contributed by atoms with E-state index in [1.165, 1.54) is 0 Å². The van der Waals surface area contributed by atoms with Crippen LogP contribution in [-0.4, -0.2) is 39.3 Å². The molecule has 0 aliphatic carbocycles. The van der Waals surface area contributed by atoms with Crippen LogP contribution in [0.2, 0.25) is 0 Å². The van der Waals surface area contributed by atoms with Crippen molar-refractivity contribution in [2.45, 2.75) is 38.3 Å². The predicted octanol–water partition coefficient (Wildman–Crippen LogP) is 2.61. The fraction of sp³-hybridized carbons (Fsp3) is 0.625. The summed E-state index contributed by atoms with van der Waals surface area (Å²) in [5.41, 5.74) is 7.33. The zero-order chi connectivity index (χ0) is 15.3. The highest BCUT2D eigenvalue weighted by molar-refractivity contribution is 5.45. The predicted molar refractivity (Wildman–Crippen MR) is 83.5 cm³/mol. The third kappa shape index (κ3) is 3.25. The Bertz CT molecular complexity index is 434. The molecule has 0 aliphatic heterocycles. The van der Waals surface area contributed by atoms with Crippen molar-refractivity contribution in [2.24, 2.45) is 5.73 Å². The number of benzene rings is 1. The summed E-state index contributed by atoms with van der Waals surface area (Å²) in [5, 5.41) is 0. The Morgan fingerprint density at radius 1 is 1.25 bits per heavy atom. The number of hydrogen-bond donors (Lipinski definition) is 1. The maximum atomic E-state index is 6.80. The number of likely N-dealkylation sites (N-methyl/N-ethyl adjacent to an activating group) is 1. The van der Waals surface area contributed by atoms with Crippen LogP contribution in [0, 0.1) is 0 Å². The lowest BCUT2D eigenvalue weighted by Gasteiger charge is -2.40. The smallest absolute Gasteiger partial charge is 0.124 e.